The van der Waals surface area contributed by atoms with Gasteiger partial charge in [0.2, 0.25) is 5.91 Å². The fraction of sp³-hybridized carbons (Fsp3) is 0.611. The molecule has 0 spiro atoms. The molecular formula is C18H27FN2O. The van der Waals surface area contributed by atoms with E-state index in [1.165, 1.54) is 25.0 Å². The number of aryl methyl sites for hydroxylation is 1. The van der Waals surface area contributed by atoms with E-state index in [1.807, 2.05) is 6.92 Å². The van der Waals surface area contributed by atoms with E-state index in [9.17, 15) is 9.18 Å². The molecule has 1 unspecified atom stereocenters. The Morgan fingerprint density at radius 1 is 1.41 bits per heavy atom. The highest BCUT2D eigenvalue weighted by molar-refractivity contribution is 5.76. The summed E-state index contributed by atoms with van der Waals surface area (Å²) in [6, 6.07) is 4.81. The number of carbonyl (C=O) groups excluding carboxylic acids is 1. The molecule has 22 heavy (non-hydrogen) atoms. The molecule has 1 aliphatic heterocycles. The predicted molar refractivity (Wildman–Crippen MR) is 87.2 cm³/mol. The molecule has 1 atom stereocenters. The number of nitrogens with one attached hydrogen (secondary N) is 2. The van der Waals surface area contributed by atoms with Crippen LogP contribution in [0.4, 0.5) is 4.39 Å². The summed E-state index contributed by atoms with van der Waals surface area (Å²) in [6.45, 7) is 6.84. The van der Waals surface area contributed by atoms with E-state index in [0.29, 0.717) is 24.8 Å². The van der Waals surface area contributed by atoms with Crippen molar-refractivity contribution in [2.24, 2.45) is 11.8 Å². The van der Waals surface area contributed by atoms with E-state index in [2.05, 4.69) is 17.6 Å². The van der Waals surface area contributed by atoms with E-state index < -0.39 is 0 Å². The van der Waals surface area contributed by atoms with Gasteiger partial charge in [-0.2, -0.15) is 0 Å². The molecule has 3 nitrogen and oxygen atoms in total. The Hall–Kier alpha value is -1.42. The highest BCUT2D eigenvalue weighted by Crippen LogP contribution is 2.24. The standard InChI is InChI=1S/C18H27FN2O/c1-13-11-17(19)4-3-15(13)7-10-21-18(22)12-14(2)16-5-8-20-9-6-16/h3-4,11,14,16,20H,5-10,12H2,1-2H3,(H,21,22). The maximum absolute atomic E-state index is 13.0. The Morgan fingerprint density at radius 2 is 2.14 bits per heavy atom. The van der Waals surface area contributed by atoms with Crippen LogP contribution >= 0.6 is 0 Å². The van der Waals surface area contributed by atoms with Gasteiger partial charge in [0.05, 0.1) is 0 Å². The van der Waals surface area contributed by atoms with Crippen LogP contribution in [0.25, 0.3) is 0 Å². The number of halogens is 1. The molecule has 1 aromatic rings. The first-order valence-electron chi connectivity index (χ1n) is 8.28. The zero-order valence-electron chi connectivity index (χ0n) is 13.6. The summed E-state index contributed by atoms with van der Waals surface area (Å²) in [7, 11) is 0. The second-order valence-corrected chi connectivity index (χ2v) is 6.44. The Bertz CT molecular complexity index is 498. The lowest BCUT2D eigenvalue weighted by molar-refractivity contribution is -0.122. The summed E-state index contributed by atoms with van der Waals surface area (Å²) >= 11 is 0. The number of amides is 1. The Balaban J connectivity index is 1.71. The van der Waals surface area contributed by atoms with E-state index in [0.717, 1.165) is 30.6 Å². The second-order valence-electron chi connectivity index (χ2n) is 6.44. The van der Waals surface area contributed by atoms with Crippen molar-refractivity contribution >= 4 is 5.91 Å². The van der Waals surface area contributed by atoms with Gasteiger partial charge in [0.25, 0.3) is 0 Å². The summed E-state index contributed by atoms with van der Waals surface area (Å²) in [4.78, 5) is 12.0. The van der Waals surface area contributed by atoms with E-state index in [-0.39, 0.29) is 11.7 Å². The molecule has 1 heterocycles. The van der Waals surface area contributed by atoms with Crippen LogP contribution in [0.5, 0.6) is 0 Å². The van der Waals surface area contributed by atoms with Gasteiger partial charge >= 0.3 is 0 Å². The molecule has 2 N–H and O–H groups in total. The van der Waals surface area contributed by atoms with Gasteiger partial charge in [-0.05, 0) is 74.4 Å². The van der Waals surface area contributed by atoms with Crippen LogP contribution < -0.4 is 10.6 Å². The van der Waals surface area contributed by atoms with Crippen molar-refractivity contribution in [1.82, 2.24) is 10.6 Å². The van der Waals surface area contributed by atoms with Crippen molar-refractivity contribution in [3.63, 3.8) is 0 Å². The Labute approximate surface area is 132 Å². The summed E-state index contributed by atoms with van der Waals surface area (Å²) in [6.07, 6.45) is 3.69. The van der Waals surface area contributed by atoms with E-state index in [1.54, 1.807) is 6.07 Å². The fourth-order valence-electron chi connectivity index (χ4n) is 3.22. The maximum Gasteiger partial charge on any atom is 0.220 e. The van der Waals surface area contributed by atoms with Crippen molar-refractivity contribution in [1.29, 1.82) is 0 Å². The lowest BCUT2D eigenvalue weighted by Crippen LogP contribution is -2.34. The minimum atomic E-state index is -0.207. The largest absolute Gasteiger partial charge is 0.356 e. The lowest BCUT2D eigenvalue weighted by Gasteiger charge is -2.27. The molecule has 0 bridgehead atoms. The van der Waals surface area contributed by atoms with Crippen molar-refractivity contribution in [3.8, 4) is 0 Å². The summed E-state index contributed by atoms with van der Waals surface area (Å²) < 4.78 is 13.0. The number of piperidine rings is 1. The van der Waals surface area contributed by atoms with Gasteiger partial charge in [-0.15, -0.1) is 0 Å². The summed E-state index contributed by atoms with van der Waals surface area (Å²) in [5.74, 6) is 1.02. The van der Waals surface area contributed by atoms with Gasteiger partial charge in [0.15, 0.2) is 0 Å². The molecule has 1 fully saturated rings. The molecule has 2 rings (SSSR count). The van der Waals surface area contributed by atoms with Crippen LogP contribution in [0, 0.1) is 24.6 Å². The first-order chi connectivity index (χ1) is 10.6. The smallest absolute Gasteiger partial charge is 0.220 e. The molecule has 0 radical (unpaired) electrons. The average molecular weight is 306 g/mol. The van der Waals surface area contributed by atoms with Gasteiger partial charge in [0, 0.05) is 13.0 Å². The SMILES string of the molecule is Cc1cc(F)ccc1CCNC(=O)CC(C)C1CCNCC1. The number of rotatable bonds is 6. The first-order valence-corrected chi connectivity index (χ1v) is 8.28. The molecule has 1 aromatic carbocycles. The summed E-state index contributed by atoms with van der Waals surface area (Å²) in [5, 5.41) is 6.35. The minimum Gasteiger partial charge on any atom is -0.356 e. The molecular weight excluding hydrogens is 279 g/mol. The van der Waals surface area contributed by atoms with Gasteiger partial charge < -0.3 is 10.6 Å². The molecule has 0 saturated carbocycles. The number of hydrogen-bond acceptors (Lipinski definition) is 2. The van der Waals surface area contributed by atoms with Gasteiger partial charge in [0.1, 0.15) is 5.82 Å². The van der Waals surface area contributed by atoms with Crippen molar-refractivity contribution in [2.45, 2.75) is 39.5 Å². The molecule has 0 aliphatic carbocycles. The lowest BCUT2D eigenvalue weighted by atomic mass is 9.84. The highest BCUT2D eigenvalue weighted by Gasteiger charge is 2.21. The van der Waals surface area contributed by atoms with Gasteiger partial charge in [-0.25, -0.2) is 4.39 Å². The molecule has 1 aliphatic rings. The third-order valence-electron chi connectivity index (χ3n) is 4.72. The third-order valence-corrected chi connectivity index (χ3v) is 4.72. The van der Waals surface area contributed by atoms with Crippen LogP contribution in [0.15, 0.2) is 18.2 Å². The van der Waals surface area contributed by atoms with Crippen LogP contribution in [-0.4, -0.2) is 25.5 Å². The molecule has 122 valence electrons. The quantitative estimate of drug-likeness (QED) is 0.848. The monoisotopic (exact) mass is 306 g/mol. The Kier molecular flexibility index (Phi) is 6.37. The minimum absolute atomic E-state index is 0.130. The van der Waals surface area contributed by atoms with Crippen LogP contribution in [0.1, 0.15) is 37.3 Å². The van der Waals surface area contributed by atoms with Gasteiger partial charge in [-0.1, -0.05) is 13.0 Å². The number of hydrogen-bond donors (Lipinski definition) is 2. The zero-order chi connectivity index (χ0) is 15.9. The second kappa shape index (κ2) is 8.28. The fourth-order valence-corrected chi connectivity index (χ4v) is 3.22. The van der Waals surface area contributed by atoms with E-state index >= 15 is 0 Å². The average Bonchev–Trinajstić information content (AvgIpc) is 2.50. The molecule has 1 saturated heterocycles. The van der Waals surface area contributed by atoms with Crippen molar-refractivity contribution in [3.05, 3.63) is 35.1 Å². The van der Waals surface area contributed by atoms with Crippen molar-refractivity contribution in [2.75, 3.05) is 19.6 Å². The molecule has 1 amide bonds. The maximum atomic E-state index is 13.0. The third kappa shape index (κ3) is 5.09. The number of carbonyl (C=O) groups is 1. The first kappa shape index (κ1) is 16.9. The van der Waals surface area contributed by atoms with Crippen LogP contribution in [0.2, 0.25) is 0 Å². The normalized spacial score (nSPS) is 17.2. The molecule has 0 aromatic heterocycles. The number of benzene rings is 1. The highest BCUT2D eigenvalue weighted by atomic mass is 19.1. The van der Waals surface area contributed by atoms with Crippen molar-refractivity contribution < 1.29 is 9.18 Å². The summed E-state index contributed by atoms with van der Waals surface area (Å²) in [5.41, 5.74) is 2.03. The van der Waals surface area contributed by atoms with E-state index in [4.69, 9.17) is 0 Å². The topological polar surface area (TPSA) is 41.1 Å². The Morgan fingerprint density at radius 3 is 2.82 bits per heavy atom. The van der Waals surface area contributed by atoms with Crippen LogP contribution in [-0.2, 0) is 11.2 Å². The zero-order valence-corrected chi connectivity index (χ0v) is 13.6. The van der Waals surface area contributed by atoms with Gasteiger partial charge in [-0.3, -0.25) is 4.79 Å². The predicted octanol–water partition coefficient (Wildman–Crippen LogP) is 2.82. The van der Waals surface area contributed by atoms with Crippen LogP contribution in [0.3, 0.4) is 0 Å². The molecule has 4 heteroatoms.